The SMILES string of the molecule is COc1c(O)c2c(c(O)c1OC)C(=O)C(C(O)(O)C1(O)C(O)(O)C(O)(O)N(Cc3c(O)c(O)c(OCOc4c(O)c5c(c(O)c4OC)CC(C(O)(O)C4(O)C(O)(O)C(O)(O)N(C(O)(O)c6ccccc6)C(O)(O)C4(O)O)C5=O)c(O)c3O)C(O)(O)C1(O)O)C2. The number of ether oxygens (including phenoxy) is 5. The molecule has 4 aromatic carbocycles. The molecule has 2 fully saturated rings. The zero-order valence-electron chi connectivity index (χ0n) is 44.9. The molecule has 2 aliphatic carbocycles. The predicted molar refractivity (Wildman–Crippen MR) is 263 cm³/mol. The van der Waals surface area contributed by atoms with Gasteiger partial charge >= 0.3 is 0 Å². The number of fused-ring (bicyclic) bond motifs is 2. The van der Waals surface area contributed by atoms with Crippen LogP contribution in [0.5, 0.6) is 74.7 Å². The second-order valence-electron chi connectivity index (χ2n) is 20.9. The number of hydrogen-bond donors (Lipinski definition) is 32. The van der Waals surface area contributed by atoms with Gasteiger partial charge in [0, 0.05) is 23.2 Å². The molecule has 2 saturated heterocycles. The summed E-state index contributed by atoms with van der Waals surface area (Å²) in [6, 6.07) is 4.51. The zero-order valence-corrected chi connectivity index (χ0v) is 44.9. The van der Waals surface area contributed by atoms with E-state index < -0.39 is 243 Å². The number of ketones is 2. The van der Waals surface area contributed by atoms with Crippen molar-refractivity contribution in [3.8, 4) is 74.7 Å². The van der Waals surface area contributed by atoms with E-state index in [0.717, 1.165) is 26.4 Å². The second-order valence-corrected chi connectivity index (χ2v) is 20.9. The predicted octanol–water partition coefficient (Wildman–Crippen LogP) is -12.8. The minimum Gasteiger partial charge on any atom is -0.504 e. The largest absolute Gasteiger partial charge is 0.504 e. The van der Waals surface area contributed by atoms with Crippen LogP contribution in [0.3, 0.4) is 0 Å². The maximum atomic E-state index is 14.1. The van der Waals surface area contributed by atoms with Crippen molar-refractivity contribution in [3.05, 3.63) is 63.7 Å². The zero-order chi connectivity index (χ0) is 67.8. The molecular weight excluding hydrogens is 1230 g/mol. The smallest absolute Gasteiger partial charge is 0.294 e. The summed E-state index contributed by atoms with van der Waals surface area (Å²) in [7, 11) is 2.46. The van der Waals surface area contributed by atoms with Crippen molar-refractivity contribution in [2.45, 2.75) is 94.9 Å². The van der Waals surface area contributed by atoms with Crippen LogP contribution < -0.4 is 23.7 Å². The van der Waals surface area contributed by atoms with Crippen LogP contribution in [0.2, 0.25) is 0 Å². The van der Waals surface area contributed by atoms with Crippen molar-refractivity contribution in [3.63, 3.8) is 0 Å². The van der Waals surface area contributed by atoms with E-state index in [1.54, 1.807) is 0 Å². The highest BCUT2D eigenvalue weighted by atomic mass is 16.7. The molecule has 0 saturated carbocycles. The number of phenolic OH excluding ortho intramolecular Hbond substituents is 8. The molecule has 0 aromatic heterocycles. The van der Waals surface area contributed by atoms with Crippen molar-refractivity contribution in [1.29, 1.82) is 0 Å². The van der Waals surface area contributed by atoms with E-state index in [0.29, 0.717) is 19.2 Å². The quantitative estimate of drug-likeness (QED) is 0.0298. The van der Waals surface area contributed by atoms with Gasteiger partial charge in [-0.2, -0.15) is 4.90 Å². The Hall–Kier alpha value is -7.42. The first kappa shape index (κ1) is 67.5. The molecule has 2 aliphatic heterocycles. The van der Waals surface area contributed by atoms with Crippen LogP contribution in [-0.2, 0) is 25.3 Å². The van der Waals surface area contributed by atoms with Gasteiger partial charge in [0.25, 0.3) is 52.7 Å². The van der Waals surface area contributed by atoms with Gasteiger partial charge in [0.1, 0.15) is 0 Å². The number of likely N-dealkylation sites (tertiary alicyclic amines) is 2. The Morgan fingerprint density at radius 3 is 1.13 bits per heavy atom. The van der Waals surface area contributed by atoms with Gasteiger partial charge in [0.15, 0.2) is 46.1 Å². The summed E-state index contributed by atoms with van der Waals surface area (Å²) in [5.74, 6) is -87.3. The first-order valence-electron chi connectivity index (χ1n) is 24.5. The van der Waals surface area contributed by atoms with Gasteiger partial charge in [0.2, 0.25) is 69.8 Å². The van der Waals surface area contributed by atoms with E-state index in [9.17, 15) is 173 Å². The number of methoxy groups -OCH3 is 3. The Morgan fingerprint density at radius 1 is 0.438 bits per heavy atom. The summed E-state index contributed by atoms with van der Waals surface area (Å²) in [5, 5.41) is 359. The number of aliphatic hydroxyl groups is 24. The normalized spacial score (nSPS) is 23.5. The number of hydrogen-bond acceptors (Lipinski definition) is 41. The Bertz CT molecular complexity index is 3490. The van der Waals surface area contributed by atoms with Crippen molar-refractivity contribution in [2.75, 3.05) is 28.1 Å². The third-order valence-corrected chi connectivity index (χ3v) is 16.4. The Kier molecular flexibility index (Phi) is 15.2. The maximum absolute atomic E-state index is 14.1. The standard InChI is InChI=1S/C48H56N2O39/c1-85-32-23(53)14-9-17(25(55)19(14)27(57)34(32)87-3)36(61,62)39(67)41(69,70)45(77,78)49(46(79,80)42(39,71)72)11-16-21(51)29(59)31(30(60)22(16)52)88-12-89-35-28(58)20-15(24(54)33(35)86-2)10-18(26(20)56)37(63,64)40(68)43(73,74)47(81,82)50(48(83,84)44(40,75)76)38(65,66)13-7-5-4-6-8-13/h4-8,17-18,51-54,57-84H,9-12H2,1-3H3. The summed E-state index contributed by atoms with van der Waals surface area (Å²) in [6.07, 6.45) is -3.01. The van der Waals surface area contributed by atoms with Crippen LogP contribution in [0.15, 0.2) is 30.3 Å². The second kappa shape index (κ2) is 20.0. The van der Waals surface area contributed by atoms with Crippen LogP contribution in [0.25, 0.3) is 0 Å². The summed E-state index contributed by atoms with van der Waals surface area (Å²) in [6.45, 7) is -3.99. The molecule has 89 heavy (non-hydrogen) atoms. The minimum atomic E-state index is -5.64. The lowest BCUT2D eigenvalue weighted by molar-refractivity contribution is -0.646. The molecule has 2 unspecified atom stereocenters. The number of Topliss-reactive ketones (excluding diaryl/α,β-unsaturated/α-hetero) is 2. The molecule has 8 rings (SSSR count). The van der Waals surface area contributed by atoms with E-state index in [1.165, 1.54) is 6.07 Å². The van der Waals surface area contributed by atoms with Gasteiger partial charge < -0.3 is 187 Å². The fraction of sp³-hybridized carbons (Fsp3) is 0.458. The van der Waals surface area contributed by atoms with Crippen molar-refractivity contribution in [2.24, 2.45) is 11.8 Å². The number of nitrogens with zero attached hydrogens (tertiary/aromatic N) is 2. The third kappa shape index (κ3) is 7.92. The van der Waals surface area contributed by atoms with Gasteiger partial charge in [-0.15, -0.1) is 4.90 Å². The van der Waals surface area contributed by atoms with E-state index in [2.05, 4.69) is 0 Å². The average molecular weight is 1280 g/mol. The van der Waals surface area contributed by atoms with Crippen molar-refractivity contribution >= 4 is 11.6 Å². The highest BCUT2D eigenvalue weighted by molar-refractivity contribution is 6.08. The minimum absolute atomic E-state index is 0.676. The molecular formula is C48H56N2O39. The number of phenols is 8. The Labute approximate surface area is 490 Å². The van der Waals surface area contributed by atoms with Crippen LogP contribution in [0.4, 0.5) is 0 Å². The monoisotopic (exact) mass is 1280 g/mol. The summed E-state index contributed by atoms with van der Waals surface area (Å²) in [5.41, 5.74) is -18.4. The van der Waals surface area contributed by atoms with E-state index in [4.69, 9.17) is 23.7 Å². The molecule has 41 heteroatoms. The lowest BCUT2D eigenvalue weighted by atomic mass is 9.65. The van der Waals surface area contributed by atoms with Crippen LogP contribution in [0, 0.1) is 11.8 Å². The van der Waals surface area contributed by atoms with Crippen LogP contribution >= 0.6 is 0 Å². The van der Waals surface area contributed by atoms with Crippen molar-refractivity contribution in [1.82, 2.24) is 9.80 Å². The molecule has 0 spiro atoms. The van der Waals surface area contributed by atoms with Crippen molar-refractivity contribution < 1.29 is 197 Å². The average Bonchev–Trinajstić information content (AvgIpc) is 1.07. The van der Waals surface area contributed by atoms with E-state index in [-0.39, 0.29) is 0 Å². The fourth-order valence-electron chi connectivity index (χ4n) is 11.6. The van der Waals surface area contributed by atoms with Crippen LogP contribution in [0.1, 0.15) is 43.0 Å². The summed E-state index contributed by atoms with van der Waals surface area (Å²) in [4.78, 5) is 25.2. The molecule has 0 amide bonds. The number of aromatic hydroxyl groups is 8. The number of piperidine rings is 2. The van der Waals surface area contributed by atoms with E-state index in [1.807, 2.05) is 0 Å². The van der Waals surface area contributed by atoms with Gasteiger partial charge in [-0.25, -0.2) is 0 Å². The third-order valence-electron chi connectivity index (χ3n) is 16.4. The summed E-state index contributed by atoms with van der Waals surface area (Å²) < 4.78 is 24.9. The molecule has 0 radical (unpaired) electrons. The maximum Gasteiger partial charge on any atom is 0.294 e. The Balaban J connectivity index is 1.08. The highest BCUT2D eigenvalue weighted by Gasteiger charge is 2.94. The van der Waals surface area contributed by atoms with Gasteiger partial charge in [-0.05, 0) is 12.8 Å². The summed E-state index contributed by atoms with van der Waals surface area (Å²) >= 11 is 0. The topological polar surface area (TPSA) is 734 Å². The van der Waals surface area contributed by atoms with Gasteiger partial charge in [-0.1, -0.05) is 30.3 Å². The molecule has 4 aromatic rings. The lowest BCUT2D eigenvalue weighted by Gasteiger charge is -2.66. The molecule has 0 bridgehead atoms. The molecule has 2 atom stereocenters. The highest BCUT2D eigenvalue weighted by Crippen LogP contribution is 2.64. The first-order chi connectivity index (χ1) is 40.3. The number of carbonyl (C=O) groups excluding carboxylic acids is 2. The Morgan fingerprint density at radius 2 is 0.764 bits per heavy atom. The molecule has 32 N–H and O–H groups in total. The first-order valence-corrected chi connectivity index (χ1v) is 24.5. The molecule has 492 valence electrons. The fourth-order valence-corrected chi connectivity index (χ4v) is 11.6. The number of rotatable bonds is 15. The molecule has 41 nitrogen and oxygen atoms in total. The number of carbonyl (C=O) groups is 2. The van der Waals surface area contributed by atoms with E-state index >= 15 is 0 Å². The van der Waals surface area contributed by atoms with Crippen LogP contribution in [-0.4, -0.2) is 282 Å². The molecule has 2 heterocycles. The lowest BCUT2D eigenvalue weighted by Crippen LogP contribution is -2.99. The molecule has 4 aliphatic rings. The number of benzene rings is 4. The van der Waals surface area contributed by atoms with Gasteiger partial charge in [0.05, 0.1) is 49.9 Å². The van der Waals surface area contributed by atoms with Gasteiger partial charge in [-0.3, -0.25) is 9.59 Å².